The fraction of sp³-hybridized carbons (Fsp3) is 0.562. The van der Waals surface area contributed by atoms with Crippen molar-refractivity contribution in [2.75, 3.05) is 13.2 Å². The third-order valence-corrected chi connectivity index (χ3v) is 4.17. The first kappa shape index (κ1) is 14.9. The summed E-state index contributed by atoms with van der Waals surface area (Å²) < 4.78 is 0. The van der Waals surface area contributed by atoms with Gasteiger partial charge in [0.05, 0.1) is 5.56 Å². The molecule has 2 rings (SSSR count). The molecule has 2 atom stereocenters. The van der Waals surface area contributed by atoms with Crippen molar-refractivity contribution in [2.24, 2.45) is 5.92 Å². The number of aryl methyl sites for hydroxylation is 2. The maximum atomic E-state index is 12.7. The fourth-order valence-electron chi connectivity index (χ4n) is 2.89. The standard InChI is InChI=1S/C16H23NO3/c1-10-6-11(2)15(19)14(7-10)16(20)17-8-13(9-18)5-4-12(17)3/h6-7,12-13,18-19H,4-5,8-9H2,1-3H3. The summed E-state index contributed by atoms with van der Waals surface area (Å²) in [6.07, 6.45) is 1.84. The van der Waals surface area contributed by atoms with E-state index < -0.39 is 0 Å². The van der Waals surface area contributed by atoms with Gasteiger partial charge in [0, 0.05) is 19.2 Å². The Hall–Kier alpha value is -1.55. The zero-order valence-electron chi connectivity index (χ0n) is 12.4. The number of phenols is 1. The third-order valence-electron chi connectivity index (χ3n) is 4.17. The molecule has 20 heavy (non-hydrogen) atoms. The first-order chi connectivity index (χ1) is 9.43. The molecule has 1 amide bonds. The summed E-state index contributed by atoms with van der Waals surface area (Å²) in [5.41, 5.74) is 2.05. The first-order valence-corrected chi connectivity index (χ1v) is 7.16. The molecule has 110 valence electrons. The predicted molar refractivity (Wildman–Crippen MR) is 77.9 cm³/mol. The van der Waals surface area contributed by atoms with Crippen LogP contribution in [-0.4, -0.2) is 40.2 Å². The predicted octanol–water partition coefficient (Wildman–Crippen LogP) is 2.24. The Bertz CT molecular complexity index is 513. The Labute approximate surface area is 120 Å². The summed E-state index contributed by atoms with van der Waals surface area (Å²) >= 11 is 0. The Morgan fingerprint density at radius 1 is 1.35 bits per heavy atom. The maximum absolute atomic E-state index is 12.7. The molecule has 0 aromatic heterocycles. The first-order valence-electron chi connectivity index (χ1n) is 7.16. The van der Waals surface area contributed by atoms with Crippen LogP contribution >= 0.6 is 0 Å². The molecule has 2 unspecified atom stereocenters. The lowest BCUT2D eigenvalue weighted by Crippen LogP contribution is -2.46. The number of likely N-dealkylation sites (tertiary alicyclic amines) is 1. The molecule has 0 aliphatic carbocycles. The molecule has 1 aromatic carbocycles. The van der Waals surface area contributed by atoms with Crippen LogP contribution in [0.15, 0.2) is 12.1 Å². The third kappa shape index (κ3) is 2.80. The van der Waals surface area contributed by atoms with Gasteiger partial charge >= 0.3 is 0 Å². The lowest BCUT2D eigenvalue weighted by Gasteiger charge is -2.37. The van der Waals surface area contributed by atoms with E-state index in [4.69, 9.17) is 0 Å². The van der Waals surface area contributed by atoms with E-state index in [2.05, 4.69) is 0 Å². The molecule has 0 bridgehead atoms. The van der Waals surface area contributed by atoms with Gasteiger partial charge in [0.1, 0.15) is 5.75 Å². The molecule has 1 fully saturated rings. The van der Waals surface area contributed by atoms with Gasteiger partial charge in [-0.2, -0.15) is 0 Å². The normalized spacial score (nSPS) is 22.9. The minimum Gasteiger partial charge on any atom is -0.507 e. The van der Waals surface area contributed by atoms with E-state index in [1.54, 1.807) is 17.9 Å². The van der Waals surface area contributed by atoms with Crippen molar-refractivity contribution in [1.29, 1.82) is 0 Å². The number of hydrogen-bond donors (Lipinski definition) is 2. The van der Waals surface area contributed by atoms with Crippen molar-refractivity contribution in [3.8, 4) is 5.75 Å². The number of piperidine rings is 1. The average molecular weight is 277 g/mol. The molecule has 1 aromatic rings. The van der Waals surface area contributed by atoms with Gasteiger partial charge in [0.25, 0.3) is 5.91 Å². The Morgan fingerprint density at radius 3 is 2.70 bits per heavy atom. The van der Waals surface area contributed by atoms with Crippen molar-refractivity contribution in [1.82, 2.24) is 4.90 Å². The van der Waals surface area contributed by atoms with E-state index in [1.165, 1.54) is 0 Å². The summed E-state index contributed by atoms with van der Waals surface area (Å²) in [5.74, 6) is 0.0714. The van der Waals surface area contributed by atoms with Gasteiger partial charge in [-0.15, -0.1) is 0 Å². The molecule has 1 saturated heterocycles. The van der Waals surface area contributed by atoms with E-state index in [0.29, 0.717) is 12.1 Å². The summed E-state index contributed by atoms with van der Waals surface area (Å²) in [4.78, 5) is 14.5. The van der Waals surface area contributed by atoms with E-state index in [-0.39, 0.29) is 30.2 Å². The minimum absolute atomic E-state index is 0.0684. The largest absolute Gasteiger partial charge is 0.507 e. The number of benzene rings is 1. The Kier molecular flexibility index (Phi) is 4.33. The van der Waals surface area contributed by atoms with E-state index in [9.17, 15) is 15.0 Å². The van der Waals surface area contributed by atoms with Crippen molar-refractivity contribution in [3.63, 3.8) is 0 Å². The summed E-state index contributed by atoms with van der Waals surface area (Å²) in [6.45, 7) is 6.40. The summed E-state index contributed by atoms with van der Waals surface area (Å²) in [6, 6.07) is 3.74. The second kappa shape index (κ2) is 5.83. The quantitative estimate of drug-likeness (QED) is 0.871. The van der Waals surface area contributed by atoms with Gasteiger partial charge in [-0.05, 0) is 56.7 Å². The molecule has 1 heterocycles. The smallest absolute Gasteiger partial charge is 0.257 e. The molecule has 4 heteroatoms. The highest BCUT2D eigenvalue weighted by Gasteiger charge is 2.30. The number of aliphatic hydroxyl groups is 1. The molecule has 0 radical (unpaired) electrons. The van der Waals surface area contributed by atoms with E-state index in [0.717, 1.165) is 24.0 Å². The highest BCUT2D eigenvalue weighted by molar-refractivity contribution is 5.97. The number of amides is 1. The van der Waals surface area contributed by atoms with Crippen LogP contribution in [0.2, 0.25) is 0 Å². The maximum Gasteiger partial charge on any atom is 0.257 e. The number of rotatable bonds is 2. The molecular weight excluding hydrogens is 254 g/mol. The highest BCUT2D eigenvalue weighted by Crippen LogP contribution is 2.29. The highest BCUT2D eigenvalue weighted by atomic mass is 16.3. The zero-order valence-corrected chi connectivity index (χ0v) is 12.4. The molecule has 2 N–H and O–H groups in total. The molecule has 0 spiro atoms. The average Bonchev–Trinajstić information content (AvgIpc) is 2.42. The Balaban J connectivity index is 2.30. The lowest BCUT2D eigenvalue weighted by atomic mass is 9.93. The summed E-state index contributed by atoms with van der Waals surface area (Å²) in [7, 11) is 0. The van der Waals surface area contributed by atoms with E-state index in [1.807, 2.05) is 19.9 Å². The number of phenolic OH excluding ortho intramolecular Hbond substituents is 1. The molecule has 1 aliphatic rings. The SMILES string of the molecule is Cc1cc(C)c(O)c(C(=O)N2CC(CO)CCC2C)c1. The topological polar surface area (TPSA) is 60.8 Å². The number of aromatic hydroxyl groups is 1. The second-order valence-corrected chi connectivity index (χ2v) is 5.91. The van der Waals surface area contributed by atoms with Crippen LogP contribution in [0.4, 0.5) is 0 Å². The number of nitrogens with zero attached hydrogens (tertiary/aromatic N) is 1. The molecule has 1 aliphatic heterocycles. The molecule has 0 saturated carbocycles. The van der Waals surface area contributed by atoms with Crippen molar-refractivity contribution >= 4 is 5.91 Å². The number of carbonyl (C=O) groups excluding carboxylic acids is 1. The van der Waals surface area contributed by atoms with Gasteiger partial charge in [-0.3, -0.25) is 4.79 Å². The van der Waals surface area contributed by atoms with Crippen molar-refractivity contribution in [2.45, 2.75) is 39.7 Å². The van der Waals surface area contributed by atoms with Crippen molar-refractivity contribution < 1.29 is 15.0 Å². The van der Waals surface area contributed by atoms with Crippen LogP contribution in [-0.2, 0) is 0 Å². The van der Waals surface area contributed by atoms with Crippen LogP contribution in [0, 0.1) is 19.8 Å². The second-order valence-electron chi connectivity index (χ2n) is 5.91. The van der Waals surface area contributed by atoms with E-state index >= 15 is 0 Å². The van der Waals surface area contributed by atoms with Gasteiger partial charge in [0.15, 0.2) is 0 Å². The van der Waals surface area contributed by atoms with Crippen LogP contribution in [0.5, 0.6) is 5.75 Å². The van der Waals surface area contributed by atoms with Gasteiger partial charge in [-0.1, -0.05) is 6.07 Å². The number of carbonyl (C=O) groups is 1. The van der Waals surface area contributed by atoms with Gasteiger partial charge in [0.2, 0.25) is 0 Å². The number of aliphatic hydroxyl groups excluding tert-OH is 1. The van der Waals surface area contributed by atoms with Crippen molar-refractivity contribution in [3.05, 3.63) is 28.8 Å². The lowest BCUT2D eigenvalue weighted by molar-refractivity contribution is 0.0486. The van der Waals surface area contributed by atoms with Crippen LogP contribution in [0.3, 0.4) is 0 Å². The Morgan fingerprint density at radius 2 is 2.05 bits per heavy atom. The summed E-state index contributed by atoms with van der Waals surface area (Å²) in [5, 5.41) is 19.4. The van der Waals surface area contributed by atoms with Gasteiger partial charge < -0.3 is 15.1 Å². The van der Waals surface area contributed by atoms with Crippen LogP contribution in [0.25, 0.3) is 0 Å². The monoisotopic (exact) mass is 277 g/mol. The minimum atomic E-state index is -0.139. The van der Waals surface area contributed by atoms with Gasteiger partial charge in [-0.25, -0.2) is 0 Å². The zero-order chi connectivity index (χ0) is 14.9. The molecule has 4 nitrogen and oxygen atoms in total. The fourth-order valence-corrected chi connectivity index (χ4v) is 2.89. The van der Waals surface area contributed by atoms with Crippen LogP contribution in [0.1, 0.15) is 41.3 Å². The molecular formula is C16H23NO3. The number of hydrogen-bond acceptors (Lipinski definition) is 3. The van der Waals surface area contributed by atoms with Crippen LogP contribution < -0.4 is 0 Å².